The van der Waals surface area contributed by atoms with Gasteiger partial charge in [-0.3, -0.25) is 4.79 Å². The van der Waals surface area contributed by atoms with Gasteiger partial charge in [-0.25, -0.2) is 0 Å². The highest BCUT2D eigenvalue weighted by molar-refractivity contribution is 9.09. The van der Waals surface area contributed by atoms with E-state index in [-0.39, 0.29) is 5.91 Å². The second-order valence-corrected chi connectivity index (χ2v) is 5.94. The highest BCUT2D eigenvalue weighted by Crippen LogP contribution is 2.26. The van der Waals surface area contributed by atoms with Crippen molar-refractivity contribution in [2.24, 2.45) is 0 Å². The molecule has 1 aromatic rings. The summed E-state index contributed by atoms with van der Waals surface area (Å²) in [5.74, 6) is 0.186. The number of rotatable bonds is 4. The summed E-state index contributed by atoms with van der Waals surface area (Å²) < 4.78 is 0. The monoisotopic (exact) mass is 309 g/mol. The van der Waals surface area contributed by atoms with E-state index in [9.17, 15) is 4.79 Å². The third-order valence-corrected chi connectivity index (χ3v) is 3.93. The van der Waals surface area contributed by atoms with Gasteiger partial charge in [-0.2, -0.15) is 0 Å². The number of halogens is 1. The lowest BCUT2D eigenvalue weighted by atomic mass is 9.91. The van der Waals surface area contributed by atoms with E-state index in [1.165, 1.54) is 6.42 Å². The number of hydrogen-bond acceptors (Lipinski definition) is 1. The molecule has 1 aromatic carbocycles. The van der Waals surface area contributed by atoms with Gasteiger partial charge in [0.1, 0.15) is 0 Å². The van der Waals surface area contributed by atoms with Crippen LogP contribution in [-0.2, 0) is 0 Å². The van der Waals surface area contributed by atoms with Crippen molar-refractivity contribution < 1.29 is 4.79 Å². The van der Waals surface area contributed by atoms with Crippen LogP contribution in [0.5, 0.6) is 0 Å². The quantitative estimate of drug-likeness (QED) is 0.777. The number of nitrogens with zero attached hydrogens (tertiary/aromatic N) is 1. The molecule has 1 fully saturated rings. The Morgan fingerprint density at radius 3 is 2.33 bits per heavy atom. The van der Waals surface area contributed by atoms with Crippen LogP contribution in [0.4, 0.5) is 0 Å². The Bertz CT molecular complexity index is 420. The Labute approximate surface area is 117 Å². The first-order valence-corrected chi connectivity index (χ1v) is 7.69. The number of carbonyl (C=O) groups is 1. The first-order chi connectivity index (χ1) is 8.61. The summed E-state index contributed by atoms with van der Waals surface area (Å²) in [5.41, 5.74) is 3.15. The van der Waals surface area contributed by atoms with Crippen molar-refractivity contribution in [1.82, 2.24) is 4.90 Å². The molecule has 2 nitrogen and oxygen atoms in total. The van der Waals surface area contributed by atoms with Crippen LogP contribution in [0, 0.1) is 13.8 Å². The summed E-state index contributed by atoms with van der Waals surface area (Å²) in [7, 11) is 0. The van der Waals surface area contributed by atoms with Gasteiger partial charge in [0.2, 0.25) is 0 Å². The van der Waals surface area contributed by atoms with E-state index in [1.54, 1.807) is 0 Å². The minimum absolute atomic E-state index is 0.186. The van der Waals surface area contributed by atoms with Crippen LogP contribution in [0.25, 0.3) is 0 Å². The molecule has 0 aromatic heterocycles. The van der Waals surface area contributed by atoms with Crippen molar-refractivity contribution in [2.75, 3.05) is 11.9 Å². The summed E-state index contributed by atoms with van der Waals surface area (Å²) in [5, 5.41) is 0.847. The Morgan fingerprint density at radius 1 is 1.28 bits per heavy atom. The van der Waals surface area contributed by atoms with Gasteiger partial charge in [0.15, 0.2) is 0 Å². The van der Waals surface area contributed by atoms with Crippen LogP contribution in [0.1, 0.15) is 40.7 Å². The van der Waals surface area contributed by atoms with Crippen LogP contribution < -0.4 is 0 Å². The number of aryl methyl sites for hydroxylation is 2. The molecule has 0 saturated heterocycles. The van der Waals surface area contributed by atoms with Crippen LogP contribution in [0.3, 0.4) is 0 Å². The zero-order valence-corrected chi connectivity index (χ0v) is 12.7. The molecule has 0 spiro atoms. The Balaban J connectivity index is 2.21. The van der Waals surface area contributed by atoms with Gasteiger partial charge in [0, 0.05) is 23.5 Å². The number of carbonyl (C=O) groups excluding carboxylic acids is 1. The van der Waals surface area contributed by atoms with Gasteiger partial charge in [-0.05, 0) is 45.2 Å². The summed E-state index contributed by atoms with van der Waals surface area (Å²) in [6.07, 6.45) is 3.57. The van der Waals surface area contributed by atoms with E-state index in [4.69, 9.17) is 0 Å². The van der Waals surface area contributed by atoms with E-state index >= 15 is 0 Å². The third-order valence-electron chi connectivity index (χ3n) is 3.57. The maximum absolute atomic E-state index is 12.6. The maximum atomic E-state index is 12.6. The number of amides is 1. The van der Waals surface area contributed by atoms with Gasteiger partial charge in [-0.15, -0.1) is 0 Å². The third kappa shape index (κ3) is 2.94. The molecule has 1 amide bonds. The van der Waals surface area contributed by atoms with Crippen molar-refractivity contribution >= 4 is 21.8 Å². The second kappa shape index (κ2) is 5.87. The minimum atomic E-state index is 0.186. The normalized spacial score (nSPS) is 15.3. The van der Waals surface area contributed by atoms with Crippen molar-refractivity contribution in [2.45, 2.75) is 39.2 Å². The zero-order valence-electron chi connectivity index (χ0n) is 11.1. The number of benzene rings is 1. The van der Waals surface area contributed by atoms with E-state index in [0.717, 1.165) is 41.4 Å². The predicted molar refractivity (Wildman–Crippen MR) is 78.4 cm³/mol. The van der Waals surface area contributed by atoms with Crippen LogP contribution >= 0.6 is 15.9 Å². The molecule has 1 aliphatic carbocycles. The van der Waals surface area contributed by atoms with Crippen molar-refractivity contribution in [3.8, 4) is 0 Å². The second-order valence-electron chi connectivity index (χ2n) is 5.15. The molecule has 0 radical (unpaired) electrons. The average Bonchev–Trinajstić information content (AvgIpc) is 2.23. The minimum Gasteiger partial charge on any atom is -0.335 e. The Kier molecular flexibility index (Phi) is 4.44. The van der Waals surface area contributed by atoms with Gasteiger partial charge in [0.05, 0.1) is 0 Å². The topological polar surface area (TPSA) is 20.3 Å². The molecule has 18 heavy (non-hydrogen) atoms. The van der Waals surface area contributed by atoms with Gasteiger partial charge in [-0.1, -0.05) is 33.1 Å². The Hall–Kier alpha value is -0.830. The van der Waals surface area contributed by atoms with Crippen LogP contribution in [0.15, 0.2) is 18.2 Å². The Morgan fingerprint density at radius 2 is 1.89 bits per heavy atom. The molecule has 0 atom stereocenters. The van der Waals surface area contributed by atoms with Crippen molar-refractivity contribution in [3.05, 3.63) is 34.9 Å². The van der Waals surface area contributed by atoms with E-state index in [0.29, 0.717) is 6.04 Å². The van der Waals surface area contributed by atoms with E-state index < -0.39 is 0 Å². The van der Waals surface area contributed by atoms with Crippen molar-refractivity contribution in [3.63, 3.8) is 0 Å². The standard InChI is InChI=1S/C15H20BrNO/c1-11-8-12(2)10-13(9-11)15(18)17(7-6-16)14-4-3-5-14/h8-10,14H,3-7H2,1-2H3. The average molecular weight is 310 g/mol. The van der Waals surface area contributed by atoms with Gasteiger partial charge in [0.25, 0.3) is 5.91 Å². The molecule has 0 unspecified atom stereocenters. The summed E-state index contributed by atoms with van der Waals surface area (Å²) in [6, 6.07) is 6.55. The fraction of sp³-hybridized carbons (Fsp3) is 0.533. The summed E-state index contributed by atoms with van der Waals surface area (Å²) >= 11 is 3.45. The molecule has 3 heteroatoms. The lowest BCUT2D eigenvalue weighted by Gasteiger charge is -2.37. The fourth-order valence-corrected chi connectivity index (χ4v) is 2.89. The predicted octanol–water partition coefficient (Wildman–Crippen LogP) is 3.69. The zero-order chi connectivity index (χ0) is 13.1. The number of alkyl halides is 1. The van der Waals surface area contributed by atoms with Crippen molar-refractivity contribution in [1.29, 1.82) is 0 Å². The largest absolute Gasteiger partial charge is 0.335 e. The molecular weight excluding hydrogens is 290 g/mol. The maximum Gasteiger partial charge on any atom is 0.254 e. The number of hydrogen-bond donors (Lipinski definition) is 0. The molecule has 1 aliphatic rings. The van der Waals surface area contributed by atoms with E-state index in [2.05, 4.69) is 22.0 Å². The molecule has 0 bridgehead atoms. The van der Waals surface area contributed by atoms with E-state index in [1.807, 2.05) is 30.9 Å². The lowest BCUT2D eigenvalue weighted by Crippen LogP contribution is -2.45. The summed E-state index contributed by atoms with van der Waals surface area (Å²) in [6.45, 7) is 4.89. The molecular formula is C15H20BrNO. The molecule has 98 valence electrons. The van der Waals surface area contributed by atoms with Gasteiger partial charge >= 0.3 is 0 Å². The fourth-order valence-electron chi connectivity index (χ4n) is 2.50. The molecule has 0 N–H and O–H groups in total. The summed E-state index contributed by atoms with van der Waals surface area (Å²) in [4.78, 5) is 14.6. The van der Waals surface area contributed by atoms with Crippen LogP contribution in [0.2, 0.25) is 0 Å². The molecule has 0 aliphatic heterocycles. The first kappa shape index (κ1) is 13.6. The SMILES string of the molecule is Cc1cc(C)cc(C(=O)N(CCBr)C2CCC2)c1. The van der Waals surface area contributed by atoms with Crippen LogP contribution in [-0.4, -0.2) is 28.7 Å². The smallest absolute Gasteiger partial charge is 0.254 e. The highest BCUT2D eigenvalue weighted by atomic mass is 79.9. The molecule has 1 saturated carbocycles. The molecule has 2 rings (SSSR count). The first-order valence-electron chi connectivity index (χ1n) is 6.57. The molecule has 0 heterocycles. The highest BCUT2D eigenvalue weighted by Gasteiger charge is 2.28. The van der Waals surface area contributed by atoms with Gasteiger partial charge < -0.3 is 4.90 Å². The lowest BCUT2D eigenvalue weighted by molar-refractivity contribution is 0.0599.